The topological polar surface area (TPSA) is 61.6 Å². The zero-order chi connectivity index (χ0) is 16.8. The fourth-order valence-corrected chi connectivity index (χ4v) is 2.49. The Morgan fingerprint density at radius 2 is 1.78 bits per heavy atom. The van der Waals surface area contributed by atoms with Gasteiger partial charge in [0.05, 0.1) is 5.56 Å². The summed E-state index contributed by atoms with van der Waals surface area (Å²) in [5.41, 5.74) is 8.24. The van der Waals surface area contributed by atoms with Crippen LogP contribution in [0.5, 0.6) is 11.5 Å². The Morgan fingerprint density at radius 1 is 1.09 bits per heavy atom. The highest BCUT2D eigenvalue weighted by molar-refractivity contribution is 5.95. The average Bonchev–Trinajstić information content (AvgIpc) is 2.51. The van der Waals surface area contributed by atoms with Crippen LogP contribution >= 0.6 is 0 Å². The minimum absolute atomic E-state index is 0.343. The molecule has 0 aliphatic rings. The van der Waals surface area contributed by atoms with Crippen molar-refractivity contribution in [2.45, 2.75) is 26.7 Å². The lowest BCUT2D eigenvalue weighted by molar-refractivity contribution is 0.0995. The van der Waals surface area contributed by atoms with Gasteiger partial charge in [0.15, 0.2) is 0 Å². The second-order valence-corrected chi connectivity index (χ2v) is 5.73. The summed E-state index contributed by atoms with van der Waals surface area (Å²) in [7, 11) is 0. The molecule has 0 spiro atoms. The number of aryl methyl sites for hydroxylation is 1. The quantitative estimate of drug-likeness (QED) is 0.793. The number of primary amides is 1. The molecular formula is C19H23NO3. The third kappa shape index (κ3) is 4.49. The van der Waals surface area contributed by atoms with Crippen LogP contribution in [0.3, 0.4) is 0 Å². The van der Waals surface area contributed by atoms with E-state index < -0.39 is 5.91 Å². The van der Waals surface area contributed by atoms with Gasteiger partial charge in [-0.15, -0.1) is 0 Å². The summed E-state index contributed by atoms with van der Waals surface area (Å²) in [6.07, 6.45) is 0. The molecular weight excluding hydrogens is 290 g/mol. The number of hydrogen-bond donors (Lipinski definition) is 1. The summed E-state index contributed by atoms with van der Waals surface area (Å²) in [6.45, 7) is 7.17. The van der Waals surface area contributed by atoms with E-state index in [9.17, 15) is 4.79 Å². The van der Waals surface area contributed by atoms with E-state index in [2.05, 4.69) is 26.8 Å². The molecule has 0 fully saturated rings. The Labute approximate surface area is 137 Å². The van der Waals surface area contributed by atoms with E-state index in [1.165, 1.54) is 11.1 Å². The van der Waals surface area contributed by atoms with Gasteiger partial charge in [0.25, 0.3) is 5.91 Å². The number of para-hydroxylation sites is 1. The molecule has 0 unspecified atom stereocenters. The van der Waals surface area contributed by atoms with Crippen molar-refractivity contribution in [3.63, 3.8) is 0 Å². The molecule has 1 amide bonds. The Morgan fingerprint density at radius 3 is 2.43 bits per heavy atom. The summed E-state index contributed by atoms with van der Waals surface area (Å²) in [5, 5.41) is 0. The predicted octanol–water partition coefficient (Wildman–Crippen LogP) is 3.68. The van der Waals surface area contributed by atoms with Crippen molar-refractivity contribution in [2.24, 2.45) is 5.73 Å². The molecule has 122 valence electrons. The van der Waals surface area contributed by atoms with Crippen LogP contribution in [-0.4, -0.2) is 19.1 Å². The lowest BCUT2D eigenvalue weighted by Gasteiger charge is -2.13. The van der Waals surface area contributed by atoms with Crippen LogP contribution < -0.4 is 15.2 Å². The Kier molecular flexibility index (Phi) is 5.63. The number of hydrogen-bond acceptors (Lipinski definition) is 3. The van der Waals surface area contributed by atoms with Gasteiger partial charge in [0.1, 0.15) is 24.7 Å². The van der Waals surface area contributed by atoms with Gasteiger partial charge in [0, 0.05) is 0 Å². The van der Waals surface area contributed by atoms with E-state index in [1.54, 1.807) is 24.3 Å². The standard InChI is InChI=1S/C19H23NO3/c1-13(2)16-9-8-15(12-14(16)3)22-10-11-23-18-7-5-4-6-17(18)19(20)21/h4-9,12-13H,10-11H2,1-3H3,(H2,20,21). The zero-order valence-electron chi connectivity index (χ0n) is 13.8. The second-order valence-electron chi connectivity index (χ2n) is 5.73. The number of rotatable bonds is 7. The molecule has 2 aromatic carbocycles. The van der Waals surface area contributed by atoms with Crippen LogP contribution in [0.25, 0.3) is 0 Å². The van der Waals surface area contributed by atoms with Gasteiger partial charge < -0.3 is 15.2 Å². The highest BCUT2D eigenvalue weighted by Gasteiger charge is 2.08. The molecule has 4 nitrogen and oxygen atoms in total. The third-order valence-corrected chi connectivity index (χ3v) is 3.63. The largest absolute Gasteiger partial charge is 0.490 e. The molecule has 0 radical (unpaired) electrons. The van der Waals surface area contributed by atoms with Crippen LogP contribution in [0.15, 0.2) is 42.5 Å². The molecule has 0 saturated carbocycles. The van der Waals surface area contributed by atoms with Crippen molar-refractivity contribution in [2.75, 3.05) is 13.2 Å². The van der Waals surface area contributed by atoms with E-state index in [0.29, 0.717) is 30.4 Å². The van der Waals surface area contributed by atoms with Crippen molar-refractivity contribution >= 4 is 5.91 Å². The fourth-order valence-electron chi connectivity index (χ4n) is 2.49. The lowest BCUT2D eigenvalue weighted by atomic mass is 9.98. The van der Waals surface area contributed by atoms with Crippen LogP contribution in [0.4, 0.5) is 0 Å². The summed E-state index contributed by atoms with van der Waals surface area (Å²) in [6, 6.07) is 13.0. The van der Waals surface area contributed by atoms with Gasteiger partial charge in [0.2, 0.25) is 0 Å². The minimum Gasteiger partial charge on any atom is -0.490 e. The molecule has 0 bridgehead atoms. The van der Waals surface area contributed by atoms with Crippen molar-refractivity contribution in [1.82, 2.24) is 0 Å². The summed E-state index contributed by atoms with van der Waals surface area (Å²) in [4.78, 5) is 11.3. The molecule has 0 atom stereocenters. The highest BCUT2D eigenvalue weighted by Crippen LogP contribution is 2.23. The van der Waals surface area contributed by atoms with Gasteiger partial charge in [-0.3, -0.25) is 4.79 Å². The molecule has 0 heterocycles. The van der Waals surface area contributed by atoms with E-state index in [0.717, 1.165) is 5.75 Å². The van der Waals surface area contributed by atoms with E-state index in [1.807, 2.05) is 12.1 Å². The Balaban J connectivity index is 1.89. The van der Waals surface area contributed by atoms with Crippen LogP contribution in [0, 0.1) is 6.92 Å². The number of ether oxygens (including phenoxy) is 2. The van der Waals surface area contributed by atoms with E-state index >= 15 is 0 Å². The lowest BCUT2D eigenvalue weighted by Crippen LogP contribution is -2.15. The number of carbonyl (C=O) groups is 1. The van der Waals surface area contributed by atoms with E-state index in [-0.39, 0.29) is 0 Å². The maximum atomic E-state index is 11.3. The maximum Gasteiger partial charge on any atom is 0.252 e. The van der Waals surface area contributed by atoms with Crippen LogP contribution in [-0.2, 0) is 0 Å². The summed E-state index contributed by atoms with van der Waals surface area (Å²) < 4.78 is 11.3. The average molecular weight is 313 g/mol. The minimum atomic E-state index is -0.499. The first-order chi connectivity index (χ1) is 11.0. The first kappa shape index (κ1) is 16.9. The summed E-state index contributed by atoms with van der Waals surface area (Å²) in [5.74, 6) is 1.30. The van der Waals surface area contributed by atoms with Crippen molar-refractivity contribution in [1.29, 1.82) is 0 Å². The zero-order valence-corrected chi connectivity index (χ0v) is 13.8. The number of nitrogens with two attached hydrogens (primary N) is 1. The highest BCUT2D eigenvalue weighted by atomic mass is 16.5. The van der Waals surface area contributed by atoms with Crippen LogP contribution in [0.1, 0.15) is 41.3 Å². The molecule has 2 rings (SSSR count). The van der Waals surface area contributed by atoms with Gasteiger partial charge in [-0.05, 0) is 48.2 Å². The fraction of sp³-hybridized carbons (Fsp3) is 0.316. The second kappa shape index (κ2) is 7.68. The number of amides is 1. The van der Waals surface area contributed by atoms with E-state index in [4.69, 9.17) is 15.2 Å². The van der Waals surface area contributed by atoms with Crippen molar-refractivity contribution in [3.05, 3.63) is 59.2 Å². The maximum absolute atomic E-state index is 11.3. The number of benzene rings is 2. The third-order valence-electron chi connectivity index (χ3n) is 3.63. The van der Waals surface area contributed by atoms with Crippen molar-refractivity contribution in [3.8, 4) is 11.5 Å². The molecule has 0 aliphatic heterocycles. The molecule has 2 aromatic rings. The molecule has 0 aromatic heterocycles. The molecule has 0 aliphatic carbocycles. The normalized spacial score (nSPS) is 10.6. The molecule has 4 heteroatoms. The van der Waals surface area contributed by atoms with Gasteiger partial charge in [-0.25, -0.2) is 0 Å². The van der Waals surface area contributed by atoms with Crippen molar-refractivity contribution < 1.29 is 14.3 Å². The number of carbonyl (C=O) groups excluding carboxylic acids is 1. The first-order valence-electron chi connectivity index (χ1n) is 7.74. The van der Waals surface area contributed by atoms with Gasteiger partial charge in [-0.1, -0.05) is 32.0 Å². The van der Waals surface area contributed by atoms with Gasteiger partial charge >= 0.3 is 0 Å². The molecule has 0 saturated heterocycles. The Bertz CT molecular complexity index is 680. The SMILES string of the molecule is Cc1cc(OCCOc2ccccc2C(N)=O)ccc1C(C)C. The molecule has 2 N–H and O–H groups in total. The first-order valence-corrected chi connectivity index (χ1v) is 7.74. The molecule has 23 heavy (non-hydrogen) atoms. The summed E-state index contributed by atoms with van der Waals surface area (Å²) >= 11 is 0. The monoisotopic (exact) mass is 313 g/mol. The predicted molar refractivity (Wildman–Crippen MR) is 91.2 cm³/mol. The van der Waals surface area contributed by atoms with Gasteiger partial charge in [-0.2, -0.15) is 0 Å². The Hall–Kier alpha value is -2.49. The van der Waals surface area contributed by atoms with Crippen LogP contribution in [0.2, 0.25) is 0 Å². The smallest absolute Gasteiger partial charge is 0.252 e.